The van der Waals surface area contributed by atoms with Crippen LogP contribution >= 0.6 is 0 Å². The first-order valence-corrected chi connectivity index (χ1v) is 9.78. The Hall–Kier alpha value is -2.36. The van der Waals surface area contributed by atoms with Gasteiger partial charge in [0, 0.05) is 36.0 Å². The predicted octanol–water partition coefficient (Wildman–Crippen LogP) is 1.69. The summed E-state index contributed by atoms with van der Waals surface area (Å²) in [5.41, 5.74) is 2.38. The molecule has 3 heterocycles. The maximum atomic E-state index is 12.9. The van der Waals surface area contributed by atoms with Crippen LogP contribution in [0.15, 0.2) is 18.2 Å². The van der Waals surface area contributed by atoms with Crippen molar-refractivity contribution in [3.63, 3.8) is 0 Å². The number of hydrogen-bond donors (Lipinski definition) is 2. The number of carbonyl (C=O) groups excluding carboxylic acids is 1. The van der Waals surface area contributed by atoms with Crippen molar-refractivity contribution >= 4 is 16.8 Å². The molecule has 0 saturated carbocycles. The summed E-state index contributed by atoms with van der Waals surface area (Å²) in [4.78, 5) is 17.1. The van der Waals surface area contributed by atoms with Crippen molar-refractivity contribution in [2.24, 2.45) is 5.92 Å². The fourth-order valence-electron chi connectivity index (χ4n) is 3.91. The molecule has 0 unspecified atom stereocenters. The molecule has 1 aromatic heterocycles. The Labute approximate surface area is 160 Å². The van der Waals surface area contributed by atoms with E-state index in [1.54, 1.807) is 0 Å². The predicted molar refractivity (Wildman–Crippen MR) is 107 cm³/mol. The van der Waals surface area contributed by atoms with E-state index in [-0.39, 0.29) is 5.91 Å². The van der Waals surface area contributed by atoms with E-state index in [2.05, 4.69) is 46.4 Å². The molecule has 27 heavy (non-hydrogen) atoms. The van der Waals surface area contributed by atoms with E-state index in [4.69, 9.17) is 0 Å². The SMILES string of the molecule is CN(C)[C@@H]1CCN(C(=O)c2ccc3[nH]nc(C#CC4CCNCC4)c3c2)C1. The van der Waals surface area contributed by atoms with Crippen molar-refractivity contribution in [1.82, 2.24) is 25.3 Å². The van der Waals surface area contributed by atoms with Crippen LogP contribution in [0, 0.1) is 17.8 Å². The number of piperidine rings is 1. The highest BCUT2D eigenvalue weighted by Gasteiger charge is 2.28. The quantitative estimate of drug-likeness (QED) is 0.795. The molecule has 2 fully saturated rings. The molecule has 0 aliphatic carbocycles. The van der Waals surface area contributed by atoms with E-state index in [1.165, 1.54) is 0 Å². The standard InChI is InChI=1S/C21H27N5O/c1-25(2)17-9-12-26(14-17)21(27)16-4-6-20-18(13-16)19(23-24-20)5-3-15-7-10-22-11-8-15/h4,6,13,15,17,22H,7-12,14H2,1-2H3,(H,23,24)/t17-/m1/s1. The van der Waals surface area contributed by atoms with E-state index >= 15 is 0 Å². The lowest BCUT2D eigenvalue weighted by molar-refractivity contribution is 0.0783. The van der Waals surface area contributed by atoms with Crippen molar-refractivity contribution < 1.29 is 4.79 Å². The fourth-order valence-corrected chi connectivity index (χ4v) is 3.91. The molecule has 2 aliphatic heterocycles. The van der Waals surface area contributed by atoms with Gasteiger partial charge < -0.3 is 15.1 Å². The third kappa shape index (κ3) is 3.85. The van der Waals surface area contributed by atoms with Crippen molar-refractivity contribution in [1.29, 1.82) is 0 Å². The fraction of sp³-hybridized carbons (Fsp3) is 0.524. The van der Waals surface area contributed by atoms with Gasteiger partial charge in [0.15, 0.2) is 0 Å². The summed E-state index contributed by atoms with van der Waals surface area (Å²) in [6.45, 7) is 3.66. The van der Waals surface area contributed by atoms with Gasteiger partial charge in [-0.2, -0.15) is 5.10 Å². The molecule has 0 radical (unpaired) electrons. The summed E-state index contributed by atoms with van der Waals surface area (Å²) >= 11 is 0. The van der Waals surface area contributed by atoms with Gasteiger partial charge in [-0.1, -0.05) is 5.92 Å². The molecule has 2 aliphatic rings. The molecule has 2 N–H and O–H groups in total. The summed E-state index contributed by atoms with van der Waals surface area (Å²) in [6, 6.07) is 6.20. The largest absolute Gasteiger partial charge is 0.337 e. The van der Waals surface area contributed by atoms with Gasteiger partial charge in [0.05, 0.1) is 5.52 Å². The summed E-state index contributed by atoms with van der Waals surface area (Å²) in [7, 11) is 4.15. The maximum absolute atomic E-state index is 12.9. The van der Waals surface area contributed by atoms with Crippen LogP contribution in [0.25, 0.3) is 10.9 Å². The highest BCUT2D eigenvalue weighted by molar-refractivity contribution is 5.99. The number of rotatable bonds is 2. The molecule has 4 rings (SSSR count). The molecule has 1 amide bonds. The number of nitrogens with one attached hydrogen (secondary N) is 2. The van der Waals surface area contributed by atoms with Crippen molar-refractivity contribution in [2.75, 3.05) is 40.3 Å². The van der Waals surface area contributed by atoms with Crippen LogP contribution in [0.5, 0.6) is 0 Å². The molecule has 2 saturated heterocycles. The zero-order chi connectivity index (χ0) is 18.8. The first-order chi connectivity index (χ1) is 13.1. The van der Waals surface area contributed by atoms with E-state index in [0.29, 0.717) is 17.5 Å². The van der Waals surface area contributed by atoms with Gasteiger partial charge in [-0.3, -0.25) is 9.89 Å². The Balaban J connectivity index is 1.55. The maximum Gasteiger partial charge on any atom is 0.253 e. The van der Waals surface area contributed by atoms with Crippen LogP contribution in [0.2, 0.25) is 0 Å². The number of carbonyl (C=O) groups is 1. The molecule has 1 aromatic carbocycles. The Morgan fingerprint density at radius 2 is 2.07 bits per heavy atom. The van der Waals surface area contributed by atoms with Gasteiger partial charge in [-0.25, -0.2) is 0 Å². The molecule has 6 nitrogen and oxygen atoms in total. The minimum atomic E-state index is 0.0970. The lowest BCUT2D eigenvalue weighted by Gasteiger charge is -2.20. The second kappa shape index (κ2) is 7.71. The molecular formula is C21H27N5O. The van der Waals surface area contributed by atoms with Crippen molar-refractivity contribution in [3.05, 3.63) is 29.5 Å². The Kier molecular flexibility index (Phi) is 5.15. The summed E-state index contributed by atoms with van der Waals surface area (Å²) in [5.74, 6) is 7.13. The van der Waals surface area contributed by atoms with E-state index < -0.39 is 0 Å². The van der Waals surface area contributed by atoms with Gasteiger partial charge >= 0.3 is 0 Å². The number of aromatic amines is 1. The summed E-state index contributed by atoms with van der Waals surface area (Å²) in [6.07, 6.45) is 3.20. The van der Waals surface area contributed by atoms with Gasteiger partial charge in [-0.05, 0) is 70.6 Å². The number of amides is 1. The smallest absolute Gasteiger partial charge is 0.253 e. The molecule has 2 aromatic rings. The van der Waals surface area contributed by atoms with Crippen LogP contribution in [0.3, 0.4) is 0 Å². The minimum Gasteiger partial charge on any atom is -0.337 e. The number of likely N-dealkylation sites (N-methyl/N-ethyl adjacent to an activating group) is 1. The van der Waals surface area contributed by atoms with Gasteiger partial charge in [-0.15, -0.1) is 0 Å². The first kappa shape index (κ1) is 18.0. The van der Waals surface area contributed by atoms with E-state index in [1.807, 2.05) is 23.1 Å². The average molecular weight is 365 g/mol. The topological polar surface area (TPSA) is 64.3 Å². The number of nitrogens with zero attached hydrogens (tertiary/aromatic N) is 3. The third-order valence-electron chi connectivity index (χ3n) is 5.72. The van der Waals surface area contributed by atoms with Crippen LogP contribution in [0.4, 0.5) is 0 Å². The summed E-state index contributed by atoms with van der Waals surface area (Å²) in [5, 5.41) is 11.7. The monoisotopic (exact) mass is 365 g/mol. The van der Waals surface area contributed by atoms with Crippen LogP contribution in [0.1, 0.15) is 35.3 Å². The van der Waals surface area contributed by atoms with Crippen LogP contribution < -0.4 is 5.32 Å². The normalized spacial score (nSPS) is 20.9. The average Bonchev–Trinajstić information content (AvgIpc) is 3.34. The van der Waals surface area contributed by atoms with Crippen molar-refractivity contribution in [2.45, 2.75) is 25.3 Å². The van der Waals surface area contributed by atoms with Crippen LogP contribution in [-0.4, -0.2) is 72.2 Å². The molecule has 0 spiro atoms. The number of H-pyrrole nitrogens is 1. The molecule has 142 valence electrons. The second-order valence-corrected chi connectivity index (χ2v) is 7.78. The lowest BCUT2D eigenvalue weighted by atomic mass is 9.98. The highest BCUT2D eigenvalue weighted by atomic mass is 16.2. The number of aromatic nitrogens is 2. The van der Waals surface area contributed by atoms with Crippen molar-refractivity contribution in [3.8, 4) is 11.8 Å². The summed E-state index contributed by atoms with van der Waals surface area (Å²) < 4.78 is 0. The Morgan fingerprint density at radius 3 is 2.81 bits per heavy atom. The number of fused-ring (bicyclic) bond motifs is 1. The van der Waals surface area contributed by atoms with Gasteiger partial charge in [0.1, 0.15) is 5.69 Å². The number of benzene rings is 1. The Bertz CT molecular complexity index is 885. The van der Waals surface area contributed by atoms with Gasteiger partial charge in [0.2, 0.25) is 0 Å². The highest BCUT2D eigenvalue weighted by Crippen LogP contribution is 2.21. The Morgan fingerprint density at radius 1 is 1.26 bits per heavy atom. The zero-order valence-electron chi connectivity index (χ0n) is 16.1. The molecule has 1 atom stereocenters. The van der Waals surface area contributed by atoms with E-state index in [9.17, 15) is 4.79 Å². The van der Waals surface area contributed by atoms with E-state index in [0.717, 1.165) is 62.0 Å². The minimum absolute atomic E-state index is 0.0970. The number of hydrogen-bond acceptors (Lipinski definition) is 4. The molecular weight excluding hydrogens is 338 g/mol. The van der Waals surface area contributed by atoms with Gasteiger partial charge in [0.25, 0.3) is 5.91 Å². The number of likely N-dealkylation sites (tertiary alicyclic amines) is 1. The first-order valence-electron chi connectivity index (χ1n) is 9.78. The lowest BCUT2D eigenvalue weighted by Crippen LogP contribution is -2.34. The zero-order valence-corrected chi connectivity index (χ0v) is 16.1. The molecule has 6 heteroatoms. The molecule has 0 bridgehead atoms. The third-order valence-corrected chi connectivity index (χ3v) is 5.72. The second-order valence-electron chi connectivity index (χ2n) is 7.78. The van der Waals surface area contributed by atoms with Crippen LogP contribution in [-0.2, 0) is 0 Å².